The van der Waals surface area contributed by atoms with Gasteiger partial charge in [-0.05, 0) is 19.9 Å². The lowest BCUT2D eigenvalue weighted by atomic mass is 9.72. The highest BCUT2D eigenvalue weighted by molar-refractivity contribution is 6.31. The van der Waals surface area contributed by atoms with Gasteiger partial charge in [-0.1, -0.05) is 12.1 Å². The van der Waals surface area contributed by atoms with Gasteiger partial charge in [0, 0.05) is 36.0 Å². The molecule has 1 aliphatic heterocycles. The summed E-state index contributed by atoms with van der Waals surface area (Å²) in [6.45, 7) is 2.37. The Bertz CT molecular complexity index is 1590. The minimum Gasteiger partial charge on any atom is -0.507 e. The first-order valence-corrected chi connectivity index (χ1v) is 13.5. The van der Waals surface area contributed by atoms with Crippen LogP contribution in [0.3, 0.4) is 0 Å². The Morgan fingerprint density at radius 1 is 1.09 bits per heavy atom. The zero-order valence-electron chi connectivity index (χ0n) is 23.5. The molecule has 1 amide bonds. The van der Waals surface area contributed by atoms with Crippen LogP contribution in [-0.4, -0.2) is 87.1 Å². The van der Waals surface area contributed by atoms with Crippen molar-refractivity contribution in [2.24, 2.45) is 0 Å². The van der Waals surface area contributed by atoms with Gasteiger partial charge >= 0.3 is 12.1 Å². The normalized spacial score (nSPS) is 28.0. The highest BCUT2D eigenvalue weighted by atomic mass is 19.4. The van der Waals surface area contributed by atoms with Crippen LogP contribution in [0.5, 0.6) is 17.2 Å². The van der Waals surface area contributed by atoms with Crippen molar-refractivity contribution in [3.8, 4) is 17.2 Å². The molecule has 0 bridgehead atoms. The summed E-state index contributed by atoms with van der Waals surface area (Å²) in [5.41, 5.74) is -4.15. The van der Waals surface area contributed by atoms with E-state index in [1.807, 2.05) is 0 Å². The largest absolute Gasteiger partial charge is 0.507 e. The van der Waals surface area contributed by atoms with Crippen molar-refractivity contribution in [1.29, 1.82) is 0 Å². The van der Waals surface area contributed by atoms with E-state index >= 15 is 0 Å². The molecule has 236 valence electrons. The van der Waals surface area contributed by atoms with Crippen molar-refractivity contribution < 1.29 is 67.0 Å². The van der Waals surface area contributed by atoms with E-state index in [0.29, 0.717) is 0 Å². The van der Waals surface area contributed by atoms with Crippen LogP contribution in [0.15, 0.2) is 18.2 Å². The summed E-state index contributed by atoms with van der Waals surface area (Å²) in [6, 6.07) is 2.71. The van der Waals surface area contributed by atoms with Crippen LogP contribution in [0.4, 0.5) is 13.2 Å². The van der Waals surface area contributed by atoms with Crippen molar-refractivity contribution in [1.82, 2.24) is 5.32 Å². The number of aliphatic hydroxyl groups is 2. The second-order valence-electron chi connectivity index (χ2n) is 11.0. The third-order valence-corrected chi connectivity index (χ3v) is 8.33. The fourth-order valence-corrected chi connectivity index (χ4v) is 6.02. The molecular weight excluding hydrogens is 595 g/mol. The number of benzene rings is 2. The number of Topliss-reactive ketones (excluding diaryl/α,β-unsaturated/α-hetero) is 1. The topological polar surface area (TPSA) is 189 Å². The number of fused-ring (bicyclic) bond motifs is 3. The average Bonchev–Trinajstić information content (AvgIpc) is 2.94. The van der Waals surface area contributed by atoms with Crippen molar-refractivity contribution in [2.45, 2.75) is 75.5 Å². The molecule has 44 heavy (non-hydrogen) atoms. The lowest BCUT2D eigenvalue weighted by Crippen LogP contribution is -2.57. The predicted octanol–water partition coefficient (Wildman–Crippen LogP) is 1.75. The molecule has 1 heterocycles. The zero-order valence-corrected chi connectivity index (χ0v) is 23.5. The first-order chi connectivity index (χ1) is 20.5. The number of carbonyl (C=O) groups excluding carboxylic acids is 4. The summed E-state index contributed by atoms with van der Waals surface area (Å²) in [4.78, 5) is 51.4. The molecule has 4 unspecified atom stereocenters. The van der Waals surface area contributed by atoms with E-state index in [9.17, 15) is 52.8 Å². The van der Waals surface area contributed by atoms with E-state index in [4.69, 9.17) is 14.2 Å². The molecule has 1 saturated heterocycles. The van der Waals surface area contributed by atoms with Gasteiger partial charge in [0.05, 0.1) is 42.0 Å². The summed E-state index contributed by atoms with van der Waals surface area (Å²) < 4.78 is 55.5. The number of aromatic hydroxyl groups is 2. The van der Waals surface area contributed by atoms with Gasteiger partial charge in [-0.15, -0.1) is 0 Å². The molecule has 0 aromatic heterocycles. The second kappa shape index (κ2) is 10.8. The maximum Gasteiger partial charge on any atom is 0.471 e. The summed E-state index contributed by atoms with van der Waals surface area (Å²) in [5.74, 6) is -6.32. The maximum atomic E-state index is 13.7. The second-order valence-corrected chi connectivity index (χ2v) is 11.0. The summed E-state index contributed by atoms with van der Waals surface area (Å²) in [7, 11) is 1.27. The molecule has 0 saturated carbocycles. The Labute approximate surface area is 247 Å². The highest BCUT2D eigenvalue weighted by Gasteiger charge is 2.50. The third-order valence-electron chi connectivity index (χ3n) is 8.33. The molecule has 3 aliphatic rings. The van der Waals surface area contributed by atoms with E-state index < -0.39 is 108 Å². The van der Waals surface area contributed by atoms with Crippen LogP contribution in [0, 0.1) is 0 Å². The van der Waals surface area contributed by atoms with Gasteiger partial charge in [0.25, 0.3) is 0 Å². The number of alkyl halides is 3. The molecule has 15 heteroatoms. The molecule has 2 aromatic rings. The zero-order chi connectivity index (χ0) is 32.5. The Morgan fingerprint density at radius 3 is 2.36 bits per heavy atom. The number of amides is 1. The molecule has 2 aromatic carbocycles. The number of ketones is 3. The van der Waals surface area contributed by atoms with Crippen molar-refractivity contribution in [2.75, 3.05) is 7.11 Å². The first-order valence-electron chi connectivity index (χ1n) is 13.5. The number of rotatable bonds is 5. The third kappa shape index (κ3) is 4.99. The molecule has 1 fully saturated rings. The smallest absolute Gasteiger partial charge is 0.471 e. The number of hydrogen-bond donors (Lipinski definition) is 5. The van der Waals surface area contributed by atoms with Crippen LogP contribution in [0.2, 0.25) is 0 Å². The molecule has 2 aliphatic carbocycles. The molecule has 12 nitrogen and oxygen atoms in total. The molecular formula is C29H28F3NO11. The minimum absolute atomic E-state index is 0.0250. The fourth-order valence-electron chi connectivity index (χ4n) is 6.02. The van der Waals surface area contributed by atoms with Crippen LogP contribution < -0.4 is 10.1 Å². The number of phenols is 2. The monoisotopic (exact) mass is 623 g/mol. The van der Waals surface area contributed by atoms with Gasteiger partial charge in [-0.3, -0.25) is 19.2 Å². The van der Waals surface area contributed by atoms with E-state index in [-0.39, 0.29) is 28.0 Å². The number of hydrogen-bond acceptors (Lipinski definition) is 11. The first kappa shape index (κ1) is 31.4. The van der Waals surface area contributed by atoms with Gasteiger partial charge in [0.2, 0.25) is 5.78 Å². The number of carbonyl (C=O) groups is 4. The average molecular weight is 624 g/mol. The number of nitrogens with one attached hydrogen (secondary N) is 1. The Hall–Kier alpha value is -4.05. The SMILES string of the molecule is COc1cccc2c1C(=O)c1c(O)c3c(c(O)c1C2=O)C[C@](O)(C(C)=O)C[C@H]3OC1CC(NC(=O)C(F)(F)F)C(O)C(C)O1. The van der Waals surface area contributed by atoms with Crippen LogP contribution in [0.25, 0.3) is 0 Å². The van der Waals surface area contributed by atoms with Gasteiger partial charge in [0.15, 0.2) is 17.9 Å². The lowest BCUT2D eigenvalue weighted by Gasteiger charge is -2.42. The van der Waals surface area contributed by atoms with Crippen LogP contribution in [-0.2, 0) is 25.5 Å². The van der Waals surface area contributed by atoms with Gasteiger partial charge in [-0.2, -0.15) is 13.2 Å². The predicted molar refractivity (Wildman–Crippen MR) is 140 cm³/mol. The number of ether oxygens (including phenoxy) is 3. The van der Waals surface area contributed by atoms with Crippen LogP contribution in [0.1, 0.15) is 75.8 Å². The Kier molecular flexibility index (Phi) is 7.73. The minimum atomic E-state index is -5.24. The molecule has 6 atom stereocenters. The fraction of sp³-hybridized carbons (Fsp3) is 0.448. The van der Waals surface area contributed by atoms with E-state index in [0.717, 1.165) is 6.92 Å². The number of aliphatic hydroxyl groups excluding tert-OH is 1. The molecule has 5 N–H and O–H groups in total. The van der Waals surface area contributed by atoms with Gasteiger partial charge in [0.1, 0.15) is 29.0 Å². The Balaban J connectivity index is 1.60. The lowest BCUT2D eigenvalue weighted by molar-refractivity contribution is -0.250. The quantitative estimate of drug-likeness (QED) is 0.261. The van der Waals surface area contributed by atoms with Crippen LogP contribution >= 0.6 is 0 Å². The number of phenolic OH excluding ortho intramolecular Hbond substituents is 2. The summed E-state index contributed by atoms with van der Waals surface area (Å²) in [5, 5.41) is 46.2. The van der Waals surface area contributed by atoms with Crippen molar-refractivity contribution in [3.05, 3.63) is 51.6 Å². The number of halogens is 3. The van der Waals surface area contributed by atoms with E-state index in [1.165, 1.54) is 32.2 Å². The van der Waals surface area contributed by atoms with E-state index in [2.05, 4.69) is 0 Å². The Morgan fingerprint density at radius 2 is 1.75 bits per heavy atom. The van der Waals surface area contributed by atoms with Crippen molar-refractivity contribution in [3.63, 3.8) is 0 Å². The maximum absolute atomic E-state index is 13.7. The molecule has 0 radical (unpaired) electrons. The van der Waals surface area contributed by atoms with E-state index in [1.54, 1.807) is 5.32 Å². The van der Waals surface area contributed by atoms with Gasteiger partial charge in [-0.25, -0.2) is 0 Å². The number of methoxy groups -OCH3 is 1. The summed E-state index contributed by atoms with van der Waals surface area (Å²) >= 11 is 0. The summed E-state index contributed by atoms with van der Waals surface area (Å²) in [6.07, 6.45) is -12.7. The molecule has 0 spiro atoms. The van der Waals surface area contributed by atoms with Gasteiger partial charge < -0.3 is 40.0 Å². The highest BCUT2D eigenvalue weighted by Crippen LogP contribution is 2.52. The standard InChI is InChI=1S/C29H28F3NO11/c1-10-22(35)14(33-27(40)29(30,31)32)7-17(43-10)44-16-9-28(41,11(2)34)8-13-19(16)26(39)21-20(24(13)37)23(36)12-5-4-6-15(42-3)18(12)25(21)38/h4-6,10,14,16-17,22,35,37,39,41H,7-9H2,1-3H3,(H,33,40)/t10?,14?,16-,17?,22?,28-/m1/s1. The van der Waals surface area contributed by atoms with Crippen molar-refractivity contribution >= 4 is 23.3 Å². The molecule has 5 rings (SSSR count).